The Labute approximate surface area is 182 Å². The van der Waals surface area contributed by atoms with Crippen LogP contribution >= 0.6 is 23.1 Å². The zero-order valence-electron chi connectivity index (χ0n) is 16.7. The molecule has 0 spiro atoms. The lowest BCUT2D eigenvalue weighted by molar-refractivity contribution is 0.210. The van der Waals surface area contributed by atoms with Gasteiger partial charge in [0.05, 0.1) is 5.69 Å². The lowest BCUT2D eigenvalue weighted by atomic mass is 10.2. The molecule has 1 unspecified atom stereocenters. The van der Waals surface area contributed by atoms with Crippen LogP contribution in [-0.2, 0) is 12.3 Å². The molecule has 0 saturated carbocycles. The Bertz CT molecular complexity index is 1230. The zero-order valence-corrected chi connectivity index (χ0v) is 18.3. The van der Waals surface area contributed by atoms with E-state index in [9.17, 15) is 4.79 Å². The van der Waals surface area contributed by atoms with Crippen molar-refractivity contribution in [3.63, 3.8) is 0 Å². The molecule has 1 aromatic carbocycles. The molecule has 154 valence electrons. The Morgan fingerprint density at radius 2 is 2.10 bits per heavy atom. The van der Waals surface area contributed by atoms with Gasteiger partial charge in [-0.05, 0) is 26.0 Å². The van der Waals surface area contributed by atoms with Crippen molar-refractivity contribution in [2.45, 2.75) is 37.4 Å². The third kappa shape index (κ3) is 4.31. The molecule has 0 aliphatic rings. The van der Waals surface area contributed by atoms with Crippen LogP contribution in [-0.4, -0.2) is 24.1 Å². The molecule has 30 heavy (non-hydrogen) atoms. The SMILES string of the molecule is C=CCn1c(SCc2cc(=O)n3ccsc3n2)nnc1C(C)Oc1ccc(C)cc1. The van der Waals surface area contributed by atoms with E-state index in [-0.39, 0.29) is 11.7 Å². The number of allylic oxidation sites excluding steroid dienone is 1. The van der Waals surface area contributed by atoms with Gasteiger partial charge in [-0.2, -0.15) is 0 Å². The van der Waals surface area contributed by atoms with Crippen molar-refractivity contribution in [2.75, 3.05) is 0 Å². The molecule has 1 atom stereocenters. The first-order valence-corrected chi connectivity index (χ1v) is 11.3. The molecule has 3 heterocycles. The molecule has 3 aromatic heterocycles. The molecule has 4 aromatic rings. The number of aromatic nitrogens is 5. The summed E-state index contributed by atoms with van der Waals surface area (Å²) in [6, 6.07) is 9.47. The van der Waals surface area contributed by atoms with Gasteiger partial charge in [-0.3, -0.25) is 13.8 Å². The van der Waals surface area contributed by atoms with Crippen molar-refractivity contribution in [1.29, 1.82) is 0 Å². The van der Waals surface area contributed by atoms with Crippen molar-refractivity contribution in [3.05, 3.63) is 82.0 Å². The first-order valence-electron chi connectivity index (χ1n) is 9.41. The van der Waals surface area contributed by atoms with E-state index in [4.69, 9.17) is 4.74 Å². The van der Waals surface area contributed by atoms with Crippen LogP contribution in [0, 0.1) is 6.92 Å². The highest BCUT2D eigenvalue weighted by atomic mass is 32.2. The molecule has 0 aliphatic carbocycles. The molecular weight excluding hydrogens is 418 g/mol. The molecule has 0 saturated heterocycles. The average molecular weight is 440 g/mol. The number of fused-ring (bicyclic) bond motifs is 1. The maximum atomic E-state index is 12.2. The monoisotopic (exact) mass is 439 g/mol. The third-order valence-electron chi connectivity index (χ3n) is 4.46. The van der Waals surface area contributed by atoms with Crippen LogP contribution in [0.2, 0.25) is 0 Å². The minimum atomic E-state index is -0.278. The maximum absolute atomic E-state index is 12.2. The minimum absolute atomic E-state index is 0.0785. The van der Waals surface area contributed by atoms with Crippen molar-refractivity contribution in [1.82, 2.24) is 24.1 Å². The summed E-state index contributed by atoms with van der Waals surface area (Å²) in [5, 5.41) is 11.3. The molecule has 0 radical (unpaired) electrons. The van der Waals surface area contributed by atoms with E-state index in [1.54, 1.807) is 22.7 Å². The zero-order chi connectivity index (χ0) is 21.1. The molecule has 0 aliphatic heterocycles. The van der Waals surface area contributed by atoms with Crippen molar-refractivity contribution >= 4 is 28.1 Å². The molecule has 0 bridgehead atoms. The number of thiazole rings is 1. The van der Waals surface area contributed by atoms with Crippen molar-refractivity contribution < 1.29 is 4.74 Å². The summed E-state index contributed by atoms with van der Waals surface area (Å²) in [4.78, 5) is 17.4. The number of nitrogens with zero attached hydrogens (tertiary/aromatic N) is 5. The normalized spacial score (nSPS) is 12.2. The maximum Gasteiger partial charge on any atom is 0.258 e. The molecule has 9 heteroatoms. The van der Waals surface area contributed by atoms with Gasteiger partial charge in [-0.25, -0.2) is 4.98 Å². The van der Waals surface area contributed by atoms with Gasteiger partial charge < -0.3 is 4.74 Å². The number of rotatable bonds is 8. The van der Waals surface area contributed by atoms with Gasteiger partial charge in [0.25, 0.3) is 5.56 Å². The van der Waals surface area contributed by atoms with Gasteiger partial charge in [-0.1, -0.05) is 35.5 Å². The predicted octanol–water partition coefficient (Wildman–Crippen LogP) is 4.27. The highest BCUT2D eigenvalue weighted by Gasteiger charge is 2.19. The molecule has 0 fully saturated rings. The predicted molar refractivity (Wildman–Crippen MR) is 119 cm³/mol. The Morgan fingerprint density at radius 1 is 1.30 bits per heavy atom. The first-order chi connectivity index (χ1) is 14.5. The summed E-state index contributed by atoms with van der Waals surface area (Å²) >= 11 is 2.92. The van der Waals surface area contributed by atoms with Crippen LogP contribution in [0.3, 0.4) is 0 Å². The van der Waals surface area contributed by atoms with E-state index < -0.39 is 0 Å². The summed E-state index contributed by atoms with van der Waals surface area (Å²) in [6.07, 6.45) is 3.26. The quantitative estimate of drug-likeness (QED) is 0.301. The lowest BCUT2D eigenvalue weighted by Gasteiger charge is -2.15. The second-order valence-corrected chi connectivity index (χ2v) is 8.56. The number of hydrogen-bond donors (Lipinski definition) is 0. The second kappa shape index (κ2) is 8.85. The first kappa shape index (κ1) is 20.4. The van der Waals surface area contributed by atoms with Gasteiger partial charge in [0.15, 0.2) is 22.0 Å². The molecule has 4 rings (SSSR count). The molecule has 7 nitrogen and oxygen atoms in total. The summed E-state index contributed by atoms with van der Waals surface area (Å²) < 4.78 is 9.57. The number of thioether (sulfide) groups is 1. The van der Waals surface area contributed by atoms with Crippen LogP contribution < -0.4 is 10.3 Å². The van der Waals surface area contributed by atoms with Crippen molar-refractivity contribution in [3.8, 4) is 5.75 Å². The van der Waals surface area contributed by atoms with E-state index in [1.165, 1.54) is 28.7 Å². The average Bonchev–Trinajstić information content (AvgIpc) is 3.36. The standard InChI is InChI=1S/C21H21N5O2S2/c1-4-9-26-19(15(3)28-17-7-5-14(2)6-8-17)23-24-21(26)30-13-16-12-18(27)25-10-11-29-20(25)22-16/h4-8,10-12,15H,1,9,13H2,2-3H3. The summed E-state index contributed by atoms with van der Waals surface area (Å²) in [7, 11) is 0. The van der Waals surface area contributed by atoms with Gasteiger partial charge in [0.2, 0.25) is 0 Å². The summed E-state index contributed by atoms with van der Waals surface area (Å²) in [5.74, 6) is 2.02. The highest BCUT2D eigenvalue weighted by molar-refractivity contribution is 7.98. The number of benzene rings is 1. The molecular formula is C21H21N5O2S2. The topological polar surface area (TPSA) is 74.3 Å². The van der Waals surface area contributed by atoms with Crippen LogP contribution in [0.1, 0.15) is 30.1 Å². The Hall–Kier alpha value is -2.91. The second-order valence-electron chi connectivity index (χ2n) is 6.74. The Kier molecular flexibility index (Phi) is 6.01. The Morgan fingerprint density at radius 3 is 2.87 bits per heavy atom. The van der Waals surface area contributed by atoms with E-state index in [0.717, 1.165) is 16.7 Å². The van der Waals surface area contributed by atoms with Gasteiger partial charge in [0.1, 0.15) is 5.75 Å². The molecule has 0 amide bonds. The third-order valence-corrected chi connectivity index (χ3v) is 6.22. The number of ether oxygens (including phenoxy) is 1. The van der Waals surface area contributed by atoms with Crippen LogP contribution in [0.25, 0.3) is 4.96 Å². The van der Waals surface area contributed by atoms with E-state index >= 15 is 0 Å². The van der Waals surface area contributed by atoms with E-state index in [2.05, 4.69) is 21.8 Å². The van der Waals surface area contributed by atoms with Gasteiger partial charge in [-0.15, -0.1) is 28.1 Å². The smallest absolute Gasteiger partial charge is 0.258 e. The van der Waals surface area contributed by atoms with Crippen LogP contribution in [0.5, 0.6) is 5.75 Å². The fourth-order valence-corrected chi connectivity index (χ4v) is 4.57. The summed E-state index contributed by atoms with van der Waals surface area (Å²) in [6.45, 7) is 8.40. The lowest BCUT2D eigenvalue weighted by Crippen LogP contribution is -2.13. The van der Waals surface area contributed by atoms with Gasteiger partial charge in [0, 0.05) is 29.9 Å². The highest BCUT2D eigenvalue weighted by Crippen LogP contribution is 2.26. The Balaban J connectivity index is 1.53. The fraction of sp³-hybridized carbons (Fsp3) is 0.238. The van der Waals surface area contributed by atoms with E-state index in [0.29, 0.717) is 23.0 Å². The van der Waals surface area contributed by atoms with E-state index in [1.807, 2.05) is 48.1 Å². The van der Waals surface area contributed by atoms with Crippen LogP contribution in [0.15, 0.2) is 64.5 Å². The van der Waals surface area contributed by atoms with Gasteiger partial charge >= 0.3 is 0 Å². The van der Waals surface area contributed by atoms with Crippen molar-refractivity contribution in [2.24, 2.45) is 0 Å². The minimum Gasteiger partial charge on any atom is -0.483 e. The largest absolute Gasteiger partial charge is 0.483 e. The molecule has 0 N–H and O–H groups in total. The fourth-order valence-electron chi connectivity index (χ4n) is 2.98. The summed E-state index contributed by atoms with van der Waals surface area (Å²) in [5.41, 5.74) is 1.81. The van der Waals surface area contributed by atoms with Crippen LogP contribution in [0.4, 0.5) is 0 Å². The number of hydrogen-bond acceptors (Lipinski definition) is 7. The number of aryl methyl sites for hydroxylation is 1.